The molecule has 0 spiro atoms. The zero-order valence-corrected chi connectivity index (χ0v) is 17.2. The third kappa shape index (κ3) is 4.64. The summed E-state index contributed by atoms with van der Waals surface area (Å²) in [5.74, 6) is 3.01. The molecule has 1 heterocycles. The number of hydrogen-bond acceptors (Lipinski definition) is 8. The van der Waals surface area contributed by atoms with Gasteiger partial charge in [0.05, 0.1) is 27.0 Å². The monoisotopic (exact) mass is 403 g/mol. The fraction of sp³-hybridized carbons (Fsp3) is 0.263. The molecule has 2 aromatic carbocycles. The number of anilines is 2. The molecule has 0 radical (unpaired) electrons. The van der Waals surface area contributed by atoms with Crippen molar-refractivity contribution in [3.63, 3.8) is 0 Å². The van der Waals surface area contributed by atoms with E-state index in [-0.39, 0.29) is 0 Å². The molecule has 27 heavy (non-hydrogen) atoms. The van der Waals surface area contributed by atoms with E-state index in [2.05, 4.69) is 22.4 Å². The van der Waals surface area contributed by atoms with Crippen molar-refractivity contribution in [2.75, 3.05) is 26.6 Å². The summed E-state index contributed by atoms with van der Waals surface area (Å²) >= 11 is 3.15. The Kier molecular flexibility index (Phi) is 6.41. The van der Waals surface area contributed by atoms with E-state index in [9.17, 15) is 0 Å². The molecule has 0 saturated carbocycles. The zero-order valence-electron chi connectivity index (χ0n) is 15.6. The lowest BCUT2D eigenvalue weighted by molar-refractivity contribution is 0.354. The van der Waals surface area contributed by atoms with Crippen LogP contribution in [0.3, 0.4) is 0 Å². The van der Waals surface area contributed by atoms with Crippen LogP contribution in [0.15, 0.2) is 40.7 Å². The molecule has 0 fully saturated rings. The molecule has 0 atom stereocenters. The summed E-state index contributed by atoms with van der Waals surface area (Å²) < 4.78 is 17.0. The van der Waals surface area contributed by atoms with Crippen molar-refractivity contribution in [3.8, 4) is 17.2 Å². The second kappa shape index (κ2) is 8.96. The number of ether oxygens (including phenoxy) is 3. The molecule has 0 aliphatic heterocycles. The van der Waals surface area contributed by atoms with Crippen molar-refractivity contribution < 1.29 is 14.2 Å². The van der Waals surface area contributed by atoms with Crippen molar-refractivity contribution in [1.82, 2.24) is 10.2 Å². The first-order valence-corrected chi connectivity index (χ1v) is 10.0. The lowest BCUT2D eigenvalue weighted by Crippen LogP contribution is -1.95. The summed E-state index contributed by atoms with van der Waals surface area (Å²) in [7, 11) is 4.93. The number of para-hydroxylation sites is 2. The number of thioether (sulfide) groups is 1. The van der Waals surface area contributed by atoms with Gasteiger partial charge in [0, 0.05) is 5.75 Å². The summed E-state index contributed by atoms with van der Waals surface area (Å²) in [6.07, 6.45) is 0. The topological polar surface area (TPSA) is 65.5 Å². The molecule has 6 nitrogen and oxygen atoms in total. The Bertz CT molecular complexity index is 915. The fourth-order valence-corrected chi connectivity index (χ4v) is 4.33. The Labute approximate surface area is 166 Å². The molecule has 1 aromatic heterocycles. The minimum atomic E-state index is 0.728. The highest BCUT2D eigenvalue weighted by Gasteiger charge is 2.12. The maximum absolute atomic E-state index is 5.39. The molecular formula is C19H21N3O3S2. The molecule has 8 heteroatoms. The Morgan fingerprint density at radius 3 is 2.41 bits per heavy atom. The summed E-state index contributed by atoms with van der Waals surface area (Å²) in [5.41, 5.74) is 3.19. The second-order valence-electron chi connectivity index (χ2n) is 5.62. The first-order chi connectivity index (χ1) is 13.1. The normalized spacial score (nSPS) is 10.5. The van der Waals surface area contributed by atoms with Gasteiger partial charge in [-0.25, -0.2) is 0 Å². The van der Waals surface area contributed by atoms with Gasteiger partial charge in [-0.2, -0.15) is 0 Å². The van der Waals surface area contributed by atoms with Gasteiger partial charge in [-0.1, -0.05) is 35.2 Å². The second-order valence-corrected chi connectivity index (χ2v) is 7.82. The van der Waals surface area contributed by atoms with Crippen LogP contribution in [-0.4, -0.2) is 31.5 Å². The Hall–Kier alpha value is -2.45. The van der Waals surface area contributed by atoms with E-state index in [1.165, 1.54) is 16.9 Å². The van der Waals surface area contributed by atoms with Crippen molar-refractivity contribution in [2.24, 2.45) is 0 Å². The van der Waals surface area contributed by atoms with Crippen LogP contribution in [0.4, 0.5) is 10.8 Å². The summed E-state index contributed by atoms with van der Waals surface area (Å²) in [6.45, 7) is 2.06. The van der Waals surface area contributed by atoms with Crippen molar-refractivity contribution in [1.29, 1.82) is 0 Å². The van der Waals surface area contributed by atoms with Gasteiger partial charge >= 0.3 is 0 Å². The van der Waals surface area contributed by atoms with Crippen molar-refractivity contribution >= 4 is 33.9 Å². The standard InChI is InChI=1S/C19H21N3O3S2/c1-12-9-16(24-3)17(25-4)10-13(12)11-26-19-22-21-18(27-19)20-14-7-5-6-8-15(14)23-2/h5-10H,11H2,1-4H3,(H,20,21). The molecule has 0 unspecified atom stereocenters. The number of hydrogen-bond donors (Lipinski definition) is 1. The summed E-state index contributed by atoms with van der Waals surface area (Å²) in [4.78, 5) is 0. The predicted octanol–water partition coefficient (Wildman–Crippen LogP) is 4.91. The van der Waals surface area contributed by atoms with Crippen LogP contribution < -0.4 is 19.5 Å². The Balaban J connectivity index is 1.68. The molecule has 142 valence electrons. The van der Waals surface area contributed by atoms with E-state index in [0.29, 0.717) is 0 Å². The van der Waals surface area contributed by atoms with Crippen LogP contribution in [0.2, 0.25) is 0 Å². The Morgan fingerprint density at radius 1 is 0.963 bits per heavy atom. The molecule has 3 rings (SSSR count). The maximum atomic E-state index is 5.39. The number of nitrogens with zero attached hydrogens (tertiary/aromatic N) is 2. The van der Waals surface area contributed by atoms with E-state index in [1.54, 1.807) is 33.1 Å². The molecule has 3 aromatic rings. The van der Waals surface area contributed by atoms with Crippen LogP contribution >= 0.6 is 23.1 Å². The first kappa shape index (κ1) is 19.3. The average molecular weight is 404 g/mol. The SMILES string of the molecule is COc1ccccc1Nc1nnc(SCc2cc(OC)c(OC)cc2C)s1. The van der Waals surface area contributed by atoms with E-state index in [4.69, 9.17) is 14.2 Å². The Morgan fingerprint density at radius 2 is 1.67 bits per heavy atom. The zero-order chi connectivity index (χ0) is 19.2. The largest absolute Gasteiger partial charge is 0.495 e. The van der Waals surface area contributed by atoms with Crippen LogP contribution in [0.5, 0.6) is 17.2 Å². The predicted molar refractivity (Wildman–Crippen MR) is 110 cm³/mol. The highest BCUT2D eigenvalue weighted by atomic mass is 32.2. The average Bonchev–Trinajstić information content (AvgIpc) is 3.14. The number of methoxy groups -OCH3 is 3. The number of aromatic nitrogens is 2. The number of benzene rings is 2. The number of rotatable bonds is 8. The highest BCUT2D eigenvalue weighted by molar-refractivity contribution is 8.00. The summed E-state index contributed by atoms with van der Waals surface area (Å²) in [5, 5.41) is 12.5. The van der Waals surface area contributed by atoms with Crippen LogP contribution in [0.25, 0.3) is 0 Å². The van der Waals surface area contributed by atoms with Gasteiger partial charge in [0.2, 0.25) is 5.13 Å². The van der Waals surface area contributed by atoms with Gasteiger partial charge in [-0.05, 0) is 42.3 Å². The van der Waals surface area contributed by atoms with Crippen LogP contribution in [0, 0.1) is 6.92 Å². The first-order valence-electron chi connectivity index (χ1n) is 8.22. The molecule has 0 bridgehead atoms. The van der Waals surface area contributed by atoms with Crippen molar-refractivity contribution in [3.05, 3.63) is 47.5 Å². The minimum absolute atomic E-state index is 0.728. The fourth-order valence-electron chi connectivity index (χ4n) is 2.50. The van der Waals surface area contributed by atoms with Gasteiger partial charge < -0.3 is 19.5 Å². The summed E-state index contributed by atoms with van der Waals surface area (Å²) in [6, 6.07) is 11.7. The molecule has 0 amide bonds. The third-order valence-corrected chi connectivity index (χ3v) is 5.97. The quantitative estimate of drug-likeness (QED) is 0.536. The highest BCUT2D eigenvalue weighted by Crippen LogP contribution is 2.35. The van der Waals surface area contributed by atoms with Crippen LogP contribution in [-0.2, 0) is 5.75 Å². The lowest BCUT2D eigenvalue weighted by atomic mass is 10.1. The van der Waals surface area contributed by atoms with Gasteiger partial charge in [-0.15, -0.1) is 10.2 Å². The lowest BCUT2D eigenvalue weighted by Gasteiger charge is -2.12. The molecule has 0 aliphatic rings. The molecular weight excluding hydrogens is 382 g/mol. The smallest absolute Gasteiger partial charge is 0.210 e. The molecule has 0 aliphatic carbocycles. The third-order valence-electron chi connectivity index (χ3n) is 3.95. The maximum Gasteiger partial charge on any atom is 0.210 e. The van der Waals surface area contributed by atoms with Crippen LogP contribution in [0.1, 0.15) is 11.1 Å². The van der Waals surface area contributed by atoms with Gasteiger partial charge in [-0.3, -0.25) is 0 Å². The number of nitrogens with one attached hydrogen (secondary N) is 1. The molecule has 0 saturated heterocycles. The van der Waals surface area contributed by atoms with E-state index in [1.807, 2.05) is 36.4 Å². The minimum Gasteiger partial charge on any atom is -0.495 e. The van der Waals surface area contributed by atoms with Gasteiger partial charge in [0.15, 0.2) is 15.8 Å². The molecule has 1 N–H and O–H groups in total. The van der Waals surface area contributed by atoms with Gasteiger partial charge in [0.25, 0.3) is 0 Å². The van der Waals surface area contributed by atoms with E-state index >= 15 is 0 Å². The van der Waals surface area contributed by atoms with E-state index < -0.39 is 0 Å². The van der Waals surface area contributed by atoms with E-state index in [0.717, 1.165) is 43.7 Å². The van der Waals surface area contributed by atoms with Crippen molar-refractivity contribution in [2.45, 2.75) is 17.0 Å². The number of aryl methyl sites for hydroxylation is 1. The van der Waals surface area contributed by atoms with Gasteiger partial charge in [0.1, 0.15) is 5.75 Å².